The lowest BCUT2D eigenvalue weighted by Crippen LogP contribution is -1.99. The van der Waals surface area contributed by atoms with Crippen molar-refractivity contribution in [3.05, 3.63) is 23.8 Å². The minimum absolute atomic E-state index is 0.520. The molecule has 0 aliphatic heterocycles. The maximum atomic E-state index is 10.6. The number of carbonyl (C=O) groups excluding carboxylic acids is 1. The molecule has 5 heteroatoms. The average Bonchev–Trinajstić information content (AvgIpc) is 2.29. The van der Waals surface area contributed by atoms with Gasteiger partial charge < -0.3 is 9.47 Å². The summed E-state index contributed by atoms with van der Waals surface area (Å²) in [5, 5.41) is 0. The molecule has 0 unspecified atom stereocenters. The average molecular weight is 242 g/mol. The molecule has 1 aromatic carbocycles. The summed E-state index contributed by atoms with van der Waals surface area (Å²) in [5.41, 5.74) is 0.520. The van der Waals surface area contributed by atoms with Gasteiger partial charge in [0.15, 0.2) is 6.29 Å². The molecule has 3 nitrogen and oxygen atoms in total. The number of carbonyl (C=O) groups is 1. The number of rotatable bonds is 6. The fraction of sp³-hybridized carbons (Fsp3) is 0.300. The van der Waals surface area contributed by atoms with Crippen LogP contribution >= 0.6 is 7.36 Å². The van der Waals surface area contributed by atoms with Crippen molar-refractivity contribution in [2.45, 2.75) is 0 Å². The first-order valence-corrected chi connectivity index (χ1v) is 6.46. The first-order valence-electron chi connectivity index (χ1n) is 4.37. The molecule has 0 bridgehead atoms. The lowest BCUT2D eigenvalue weighted by molar-refractivity contribution is 0.112. The molecule has 0 amide bonds. The van der Waals surface area contributed by atoms with E-state index >= 15 is 0 Å². The van der Waals surface area contributed by atoms with Crippen LogP contribution in [0, 0.1) is 0 Å². The Morgan fingerprint density at radius 1 is 1.53 bits per heavy atom. The van der Waals surface area contributed by atoms with Gasteiger partial charge in [0, 0.05) is 12.2 Å². The van der Waals surface area contributed by atoms with Crippen molar-refractivity contribution < 1.29 is 14.3 Å². The summed E-state index contributed by atoms with van der Waals surface area (Å²) in [7, 11) is 2.41. The van der Waals surface area contributed by atoms with Crippen molar-refractivity contribution in [1.29, 1.82) is 0 Å². The molecular weight excluding hydrogens is 231 g/mol. The Kier molecular flexibility index (Phi) is 5.22. The van der Waals surface area contributed by atoms with E-state index in [9.17, 15) is 4.79 Å². The van der Waals surface area contributed by atoms with Crippen LogP contribution < -0.4 is 9.47 Å². The van der Waals surface area contributed by atoms with E-state index in [1.807, 2.05) is 0 Å². The van der Waals surface area contributed by atoms with Gasteiger partial charge in [0.1, 0.15) is 11.5 Å². The molecule has 0 N–H and O–H groups in total. The Hall–Kier alpha value is -0.990. The Morgan fingerprint density at radius 3 is 2.93 bits per heavy atom. The molecule has 0 radical (unpaired) electrons. The van der Waals surface area contributed by atoms with Crippen molar-refractivity contribution in [3.8, 4) is 11.5 Å². The molecule has 0 aliphatic rings. The second kappa shape index (κ2) is 6.49. The molecule has 0 aromatic heterocycles. The largest absolute Gasteiger partial charge is 0.496 e. The van der Waals surface area contributed by atoms with Gasteiger partial charge in [-0.3, -0.25) is 4.79 Å². The third-order valence-electron chi connectivity index (χ3n) is 1.78. The van der Waals surface area contributed by atoms with Crippen LogP contribution in [0.15, 0.2) is 18.2 Å². The zero-order valence-electron chi connectivity index (χ0n) is 8.30. The molecule has 0 heterocycles. The molecule has 0 spiro atoms. The van der Waals surface area contributed by atoms with Crippen LogP contribution in [0.2, 0.25) is 0 Å². The summed E-state index contributed by atoms with van der Waals surface area (Å²) in [6.07, 6.45) is 1.57. The fourth-order valence-corrected chi connectivity index (χ4v) is 1.47. The zero-order valence-corrected chi connectivity index (χ0v) is 10.0. The van der Waals surface area contributed by atoms with Crippen LogP contribution in [0.5, 0.6) is 11.5 Å². The normalized spacial score (nSPS) is 9.93. The number of hydrogen-bond donors (Lipinski definition) is 0. The van der Waals surface area contributed by atoms with Gasteiger partial charge in [-0.15, -0.1) is 0 Å². The molecular formula is C10H11O3PS. The van der Waals surface area contributed by atoms with Crippen molar-refractivity contribution in [1.82, 2.24) is 0 Å². The molecule has 15 heavy (non-hydrogen) atoms. The van der Waals surface area contributed by atoms with Crippen LogP contribution in [0.3, 0.4) is 0 Å². The summed E-state index contributed by atoms with van der Waals surface area (Å²) in [6.45, 7) is 0.578. The number of benzene rings is 1. The zero-order chi connectivity index (χ0) is 11.1. The van der Waals surface area contributed by atoms with Gasteiger partial charge >= 0.3 is 0 Å². The van der Waals surface area contributed by atoms with Crippen LogP contribution in [0.1, 0.15) is 10.4 Å². The quantitative estimate of drug-likeness (QED) is 0.435. The second-order valence-electron chi connectivity index (χ2n) is 2.72. The van der Waals surface area contributed by atoms with E-state index in [1.54, 1.807) is 18.2 Å². The van der Waals surface area contributed by atoms with Gasteiger partial charge in [-0.05, 0) is 19.5 Å². The van der Waals surface area contributed by atoms with E-state index in [-0.39, 0.29) is 0 Å². The van der Waals surface area contributed by atoms with E-state index in [4.69, 9.17) is 21.3 Å². The highest BCUT2D eigenvalue weighted by Crippen LogP contribution is 2.23. The van der Waals surface area contributed by atoms with E-state index in [2.05, 4.69) is 0 Å². The molecule has 0 aliphatic carbocycles. The lowest BCUT2D eigenvalue weighted by Gasteiger charge is -2.07. The summed E-state index contributed by atoms with van der Waals surface area (Å²) < 4.78 is 10.5. The topological polar surface area (TPSA) is 35.5 Å². The molecule has 0 atom stereocenters. The third-order valence-corrected chi connectivity index (χ3v) is 2.70. The SMILES string of the molecule is COc1cc(OCCP=S)ccc1C=O. The van der Waals surface area contributed by atoms with Crippen LogP contribution in [0.25, 0.3) is 0 Å². The standard InChI is InChI=1S/C10H11O3PS/c1-12-10-6-9(13-4-5-14-15)3-2-8(10)7-11/h2-3,6-7H,4-5H2,1H3. The maximum Gasteiger partial charge on any atom is 0.153 e. The lowest BCUT2D eigenvalue weighted by atomic mass is 10.2. The van der Waals surface area contributed by atoms with Crippen LogP contribution in [-0.2, 0) is 11.8 Å². The first kappa shape index (κ1) is 12.1. The van der Waals surface area contributed by atoms with Crippen LogP contribution in [-0.4, -0.2) is 26.2 Å². The molecule has 1 aromatic rings. The minimum Gasteiger partial charge on any atom is -0.496 e. The number of hydrogen-bond acceptors (Lipinski definition) is 4. The van der Waals surface area contributed by atoms with Gasteiger partial charge in [-0.1, -0.05) is 11.8 Å². The summed E-state index contributed by atoms with van der Waals surface area (Å²) in [4.78, 5) is 10.6. The molecule has 0 saturated carbocycles. The highest BCUT2D eigenvalue weighted by Gasteiger charge is 2.03. The molecule has 0 saturated heterocycles. The van der Waals surface area contributed by atoms with Gasteiger partial charge in [0.25, 0.3) is 0 Å². The van der Waals surface area contributed by atoms with Crippen molar-refractivity contribution in [3.63, 3.8) is 0 Å². The fourth-order valence-electron chi connectivity index (χ4n) is 1.08. The van der Waals surface area contributed by atoms with Gasteiger partial charge in [0.05, 0.1) is 19.3 Å². The van der Waals surface area contributed by atoms with Crippen molar-refractivity contribution in [2.24, 2.45) is 0 Å². The van der Waals surface area contributed by atoms with E-state index < -0.39 is 0 Å². The Balaban J connectivity index is 2.74. The molecule has 80 valence electrons. The first-order chi connectivity index (χ1) is 7.31. The Bertz CT molecular complexity index is 355. The van der Waals surface area contributed by atoms with Gasteiger partial charge in [0.2, 0.25) is 0 Å². The smallest absolute Gasteiger partial charge is 0.153 e. The monoisotopic (exact) mass is 242 g/mol. The highest BCUT2D eigenvalue weighted by atomic mass is 32.4. The van der Waals surface area contributed by atoms with E-state index in [0.29, 0.717) is 23.7 Å². The van der Waals surface area contributed by atoms with Crippen molar-refractivity contribution >= 4 is 25.4 Å². The molecule has 0 fully saturated rings. The maximum absolute atomic E-state index is 10.6. The number of ether oxygens (including phenoxy) is 2. The molecule has 1 rings (SSSR count). The second-order valence-corrected chi connectivity index (χ2v) is 4.20. The Labute approximate surface area is 95.2 Å². The predicted molar refractivity (Wildman–Crippen MR) is 63.0 cm³/mol. The summed E-state index contributed by atoms with van der Waals surface area (Å²) in [6, 6.07) is 5.11. The summed E-state index contributed by atoms with van der Waals surface area (Å²) in [5.74, 6) is 1.22. The van der Waals surface area contributed by atoms with E-state index in [1.165, 1.54) is 7.11 Å². The third kappa shape index (κ3) is 3.57. The van der Waals surface area contributed by atoms with Crippen LogP contribution in [0.4, 0.5) is 0 Å². The summed E-state index contributed by atoms with van der Waals surface area (Å²) >= 11 is 4.78. The minimum atomic E-state index is 0.520. The highest BCUT2D eigenvalue weighted by molar-refractivity contribution is 7.96. The van der Waals surface area contributed by atoms with Crippen molar-refractivity contribution in [2.75, 3.05) is 19.9 Å². The van der Waals surface area contributed by atoms with E-state index in [0.717, 1.165) is 19.8 Å². The van der Waals surface area contributed by atoms with Gasteiger partial charge in [-0.25, -0.2) is 0 Å². The number of aldehydes is 1. The predicted octanol–water partition coefficient (Wildman–Crippen LogP) is 2.29. The number of methoxy groups -OCH3 is 1. The Morgan fingerprint density at radius 2 is 2.33 bits per heavy atom. The van der Waals surface area contributed by atoms with Gasteiger partial charge in [-0.2, -0.15) is 0 Å².